The van der Waals surface area contributed by atoms with Gasteiger partial charge in [0.1, 0.15) is 11.6 Å². The second kappa shape index (κ2) is 8.86. The Bertz CT molecular complexity index is 848. The predicted molar refractivity (Wildman–Crippen MR) is 105 cm³/mol. The van der Waals surface area contributed by atoms with Crippen molar-refractivity contribution in [3.63, 3.8) is 0 Å². The van der Waals surface area contributed by atoms with E-state index in [0.29, 0.717) is 19.1 Å². The number of primary amides is 1. The number of carbonyl (C=O) groups is 2. The van der Waals surface area contributed by atoms with Gasteiger partial charge >= 0.3 is 0 Å². The zero-order chi connectivity index (χ0) is 20.1. The molecule has 2 aliphatic heterocycles. The molecule has 0 saturated carbocycles. The highest BCUT2D eigenvalue weighted by Crippen LogP contribution is 2.29. The topological polar surface area (TPSA) is 103 Å². The molecule has 2 N–H and O–H groups in total. The Labute approximate surface area is 164 Å². The Hall–Kier alpha value is -2.90. The maximum Gasteiger partial charge on any atom is 0.288 e. The number of nitrogens with two attached hydrogens (primary N) is 1. The Morgan fingerprint density at radius 1 is 1.32 bits per heavy atom. The van der Waals surface area contributed by atoms with Crippen LogP contribution in [0.2, 0.25) is 0 Å². The lowest BCUT2D eigenvalue weighted by Gasteiger charge is -2.22. The van der Waals surface area contributed by atoms with Gasteiger partial charge in [0.15, 0.2) is 0 Å². The van der Waals surface area contributed by atoms with Crippen molar-refractivity contribution in [1.29, 1.82) is 0 Å². The van der Waals surface area contributed by atoms with Crippen molar-refractivity contribution in [2.24, 2.45) is 5.73 Å². The Balaban J connectivity index is 0.000000162. The van der Waals surface area contributed by atoms with Crippen molar-refractivity contribution in [1.82, 2.24) is 14.8 Å². The van der Waals surface area contributed by atoms with Crippen LogP contribution >= 0.6 is 0 Å². The average molecular weight is 385 g/mol. The van der Waals surface area contributed by atoms with Crippen LogP contribution in [0.15, 0.2) is 24.3 Å². The third-order valence-corrected chi connectivity index (χ3v) is 5.00. The van der Waals surface area contributed by atoms with Gasteiger partial charge < -0.3 is 15.4 Å². The van der Waals surface area contributed by atoms with Crippen molar-refractivity contribution in [3.05, 3.63) is 35.9 Å². The first kappa shape index (κ1) is 19.9. The lowest BCUT2D eigenvalue weighted by atomic mass is 10.0. The van der Waals surface area contributed by atoms with Crippen molar-refractivity contribution in [3.8, 4) is 5.75 Å². The van der Waals surface area contributed by atoms with Gasteiger partial charge in [-0.3, -0.25) is 9.59 Å². The van der Waals surface area contributed by atoms with Crippen LogP contribution < -0.4 is 15.4 Å². The highest BCUT2D eigenvalue weighted by Gasteiger charge is 2.23. The number of anilines is 1. The molecule has 8 nitrogen and oxygen atoms in total. The van der Waals surface area contributed by atoms with Gasteiger partial charge in [-0.2, -0.15) is 0 Å². The van der Waals surface area contributed by atoms with E-state index in [1.165, 1.54) is 0 Å². The zero-order valence-corrected chi connectivity index (χ0v) is 16.4. The molecule has 8 heteroatoms. The van der Waals surface area contributed by atoms with Crippen molar-refractivity contribution >= 4 is 17.5 Å². The summed E-state index contributed by atoms with van der Waals surface area (Å²) in [5.74, 6) is 1.43. The summed E-state index contributed by atoms with van der Waals surface area (Å²) in [6, 6.07) is 7.97. The summed E-state index contributed by atoms with van der Waals surface area (Å²) >= 11 is 0. The molecule has 1 aromatic heterocycles. The minimum absolute atomic E-state index is 0.102. The van der Waals surface area contributed by atoms with E-state index in [-0.39, 0.29) is 11.7 Å². The molecule has 0 radical (unpaired) electrons. The number of aryl methyl sites for hydroxylation is 1. The van der Waals surface area contributed by atoms with Crippen molar-refractivity contribution < 1.29 is 14.3 Å². The fraction of sp³-hybridized carbons (Fsp3) is 0.500. The van der Waals surface area contributed by atoms with Crippen molar-refractivity contribution in [2.75, 3.05) is 18.6 Å². The summed E-state index contributed by atoms with van der Waals surface area (Å²) in [7, 11) is 1.77. The van der Waals surface area contributed by atoms with E-state index in [9.17, 15) is 9.59 Å². The van der Waals surface area contributed by atoms with Crippen LogP contribution in [0.5, 0.6) is 5.75 Å². The number of hydrogen-bond donors (Lipinski definition) is 1. The molecule has 0 saturated heterocycles. The number of nitrogens with zero attached hydrogens (tertiary/aromatic N) is 4. The van der Waals surface area contributed by atoms with Gasteiger partial charge in [-0.05, 0) is 31.4 Å². The van der Waals surface area contributed by atoms with Gasteiger partial charge in [0.2, 0.25) is 11.7 Å². The van der Waals surface area contributed by atoms with E-state index < -0.39 is 5.91 Å². The minimum Gasteiger partial charge on any atom is -0.491 e. The molecular weight excluding hydrogens is 358 g/mol. The number of carbonyl (C=O) groups excluding carboxylic acids is 2. The van der Waals surface area contributed by atoms with Crippen LogP contribution in [-0.4, -0.2) is 40.2 Å². The first-order valence-corrected chi connectivity index (χ1v) is 9.74. The van der Waals surface area contributed by atoms with Crippen LogP contribution in [0, 0.1) is 0 Å². The monoisotopic (exact) mass is 385 g/mol. The molecule has 0 fully saturated rings. The molecule has 3 heterocycles. The fourth-order valence-corrected chi connectivity index (χ4v) is 3.55. The van der Waals surface area contributed by atoms with Crippen LogP contribution in [0.3, 0.4) is 0 Å². The molecule has 2 amide bonds. The molecule has 0 spiro atoms. The highest BCUT2D eigenvalue weighted by atomic mass is 16.5. The summed E-state index contributed by atoms with van der Waals surface area (Å²) < 4.78 is 7.32. The van der Waals surface area contributed by atoms with E-state index in [2.05, 4.69) is 17.0 Å². The largest absolute Gasteiger partial charge is 0.491 e. The lowest BCUT2D eigenvalue weighted by molar-refractivity contribution is -0.118. The normalized spacial score (nSPS) is 18.1. The number of para-hydroxylation sites is 2. The highest BCUT2D eigenvalue weighted by molar-refractivity contribution is 5.95. The van der Waals surface area contributed by atoms with E-state index in [1.54, 1.807) is 11.9 Å². The van der Waals surface area contributed by atoms with Gasteiger partial charge in [0, 0.05) is 13.5 Å². The summed E-state index contributed by atoms with van der Waals surface area (Å²) in [6.07, 6.45) is 5.82. The average Bonchev–Trinajstić information content (AvgIpc) is 3.08. The van der Waals surface area contributed by atoms with Crippen LogP contribution in [-0.2, 0) is 11.2 Å². The van der Waals surface area contributed by atoms with Gasteiger partial charge in [-0.25, -0.2) is 9.67 Å². The molecule has 150 valence electrons. The predicted octanol–water partition coefficient (Wildman–Crippen LogP) is 2.49. The third-order valence-electron chi connectivity index (χ3n) is 5.00. The number of rotatable bonds is 3. The quantitative estimate of drug-likeness (QED) is 0.874. The fourth-order valence-electron chi connectivity index (χ4n) is 3.55. The number of ether oxygens (including phenoxy) is 1. The standard InChI is InChI=1S/C10H16N4O.C10H11NO2/c1-2-4-7-5-3-6-8-12-10(9(11)15)13-14(7)8;1-11-8-4-2-3-5-9(8)13-7-6-10(11)12/h7H,2-6H2,1H3,(H2,11,15);2-5H,6-7H2,1H3. The summed E-state index contributed by atoms with van der Waals surface area (Å²) in [6.45, 7) is 2.63. The molecule has 0 bridgehead atoms. The Kier molecular flexibility index (Phi) is 6.28. The molecule has 28 heavy (non-hydrogen) atoms. The number of fused-ring (bicyclic) bond motifs is 2. The van der Waals surface area contributed by atoms with Gasteiger partial charge in [0.05, 0.1) is 24.8 Å². The molecule has 1 unspecified atom stereocenters. The number of hydrogen-bond acceptors (Lipinski definition) is 5. The maximum absolute atomic E-state index is 11.4. The summed E-state index contributed by atoms with van der Waals surface area (Å²) in [4.78, 5) is 28.2. The molecule has 4 rings (SSSR count). The maximum atomic E-state index is 11.4. The van der Waals surface area contributed by atoms with Crippen molar-refractivity contribution in [2.45, 2.75) is 51.5 Å². The summed E-state index contributed by atoms with van der Waals surface area (Å²) in [5, 5.41) is 4.18. The van der Waals surface area contributed by atoms with Crippen LogP contribution in [0.4, 0.5) is 5.69 Å². The molecule has 1 aromatic carbocycles. The second-order valence-corrected chi connectivity index (χ2v) is 7.01. The second-order valence-electron chi connectivity index (χ2n) is 7.01. The minimum atomic E-state index is -0.535. The summed E-state index contributed by atoms with van der Waals surface area (Å²) in [5.41, 5.74) is 6.02. The van der Waals surface area contributed by atoms with E-state index >= 15 is 0 Å². The van der Waals surface area contributed by atoms with Crippen LogP contribution in [0.25, 0.3) is 0 Å². The molecule has 2 aromatic rings. The zero-order valence-electron chi connectivity index (χ0n) is 16.4. The SMILES string of the molecule is CCCC1CCCc2nc(C(N)=O)nn21.CN1C(=O)CCOc2ccccc21. The first-order valence-electron chi connectivity index (χ1n) is 9.74. The Morgan fingerprint density at radius 2 is 2.11 bits per heavy atom. The molecular formula is C20H27N5O3. The first-order chi connectivity index (χ1) is 13.5. The molecule has 0 aliphatic carbocycles. The Morgan fingerprint density at radius 3 is 2.86 bits per heavy atom. The van der Waals surface area contributed by atoms with E-state index in [0.717, 1.165) is 49.4 Å². The van der Waals surface area contributed by atoms with E-state index in [4.69, 9.17) is 10.5 Å². The lowest BCUT2D eigenvalue weighted by Crippen LogP contribution is -2.24. The van der Waals surface area contributed by atoms with E-state index in [1.807, 2.05) is 28.9 Å². The third kappa shape index (κ3) is 4.32. The number of benzene rings is 1. The van der Waals surface area contributed by atoms with Gasteiger partial charge in [0.25, 0.3) is 5.91 Å². The van der Waals surface area contributed by atoms with Gasteiger partial charge in [-0.15, -0.1) is 5.10 Å². The van der Waals surface area contributed by atoms with Gasteiger partial charge in [-0.1, -0.05) is 25.5 Å². The van der Waals surface area contributed by atoms with Crippen LogP contribution in [0.1, 0.15) is 61.5 Å². The smallest absolute Gasteiger partial charge is 0.288 e. The molecule has 2 aliphatic rings. The number of amides is 2. The number of aromatic nitrogens is 3. The molecule has 1 atom stereocenters.